The minimum Gasteiger partial charge on any atom is -0.315 e. The van der Waals surface area contributed by atoms with E-state index in [0.29, 0.717) is 18.0 Å². The first-order valence-corrected chi connectivity index (χ1v) is 7.32. The van der Waals surface area contributed by atoms with Gasteiger partial charge in [0.05, 0.1) is 4.90 Å². The van der Waals surface area contributed by atoms with Crippen LogP contribution in [-0.2, 0) is 10.0 Å². The summed E-state index contributed by atoms with van der Waals surface area (Å²) in [5, 5.41) is 3.21. The first-order chi connectivity index (χ1) is 8.10. The highest BCUT2D eigenvalue weighted by Crippen LogP contribution is 2.17. The molecule has 1 saturated heterocycles. The molecule has 0 spiro atoms. The Bertz CT molecular complexity index is 477. The molecule has 5 heteroatoms. The molecule has 4 nitrogen and oxygen atoms in total. The van der Waals surface area contributed by atoms with Crippen molar-refractivity contribution in [3.05, 3.63) is 29.8 Å². The molecule has 0 aliphatic carbocycles. The van der Waals surface area contributed by atoms with E-state index in [1.165, 1.54) is 0 Å². The van der Waals surface area contributed by atoms with E-state index in [2.05, 4.69) is 5.32 Å². The molecule has 0 amide bonds. The van der Waals surface area contributed by atoms with E-state index in [1.54, 1.807) is 22.5 Å². The molecule has 0 unspecified atom stereocenters. The van der Waals surface area contributed by atoms with Crippen LogP contribution in [0.2, 0.25) is 0 Å². The van der Waals surface area contributed by atoms with Gasteiger partial charge >= 0.3 is 0 Å². The Morgan fingerprint density at radius 2 is 2.06 bits per heavy atom. The Balaban J connectivity index is 2.28. The van der Waals surface area contributed by atoms with Gasteiger partial charge in [0, 0.05) is 19.6 Å². The average molecular weight is 254 g/mol. The minimum atomic E-state index is -3.31. The van der Waals surface area contributed by atoms with Crippen molar-refractivity contribution in [2.45, 2.75) is 18.2 Å². The van der Waals surface area contributed by atoms with Gasteiger partial charge in [0.2, 0.25) is 10.0 Å². The van der Waals surface area contributed by atoms with E-state index in [0.717, 1.165) is 25.1 Å². The Morgan fingerprint density at radius 3 is 2.82 bits per heavy atom. The summed E-state index contributed by atoms with van der Waals surface area (Å²) in [5.74, 6) is 0. The maximum atomic E-state index is 12.4. The Morgan fingerprint density at radius 1 is 1.24 bits per heavy atom. The number of hydrogen-bond donors (Lipinski definition) is 1. The molecule has 94 valence electrons. The number of sulfonamides is 1. The van der Waals surface area contributed by atoms with E-state index >= 15 is 0 Å². The molecular weight excluding hydrogens is 236 g/mol. The van der Waals surface area contributed by atoms with Gasteiger partial charge in [-0.25, -0.2) is 8.42 Å². The van der Waals surface area contributed by atoms with Crippen LogP contribution in [0.4, 0.5) is 0 Å². The van der Waals surface area contributed by atoms with Crippen LogP contribution in [-0.4, -0.2) is 38.9 Å². The van der Waals surface area contributed by atoms with Crippen LogP contribution < -0.4 is 5.32 Å². The van der Waals surface area contributed by atoms with Gasteiger partial charge in [-0.1, -0.05) is 12.1 Å². The predicted octanol–water partition coefficient (Wildman–Crippen LogP) is 0.979. The lowest BCUT2D eigenvalue weighted by Crippen LogP contribution is -2.34. The molecule has 1 aromatic carbocycles. The van der Waals surface area contributed by atoms with Crippen LogP contribution in [0, 0.1) is 6.92 Å². The number of benzene rings is 1. The number of aryl methyl sites for hydroxylation is 1. The topological polar surface area (TPSA) is 49.4 Å². The van der Waals surface area contributed by atoms with Gasteiger partial charge in [-0.3, -0.25) is 0 Å². The number of nitrogens with zero attached hydrogens (tertiary/aromatic N) is 1. The largest absolute Gasteiger partial charge is 0.315 e. The second kappa shape index (κ2) is 5.16. The van der Waals surface area contributed by atoms with Crippen LogP contribution in [0.1, 0.15) is 12.0 Å². The smallest absolute Gasteiger partial charge is 0.243 e. The third-order valence-electron chi connectivity index (χ3n) is 2.93. The monoisotopic (exact) mass is 254 g/mol. The molecule has 17 heavy (non-hydrogen) atoms. The third kappa shape index (κ3) is 2.86. The number of rotatable bonds is 2. The second-order valence-electron chi connectivity index (χ2n) is 4.32. The summed E-state index contributed by atoms with van der Waals surface area (Å²) in [6.45, 7) is 4.67. The van der Waals surface area contributed by atoms with E-state index in [1.807, 2.05) is 13.0 Å². The normalized spacial score (nSPS) is 18.9. The van der Waals surface area contributed by atoms with E-state index in [4.69, 9.17) is 0 Å². The van der Waals surface area contributed by atoms with Crippen LogP contribution in [0.5, 0.6) is 0 Å². The Labute approximate surface area is 103 Å². The SMILES string of the molecule is Cc1cccc(S(=O)(=O)N2CCCNCC2)c1. The highest BCUT2D eigenvalue weighted by molar-refractivity contribution is 7.89. The fourth-order valence-electron chi connectivity index (χ4n) is 1.99. The molecule has 0 bridgehead atoms. The molecule has 0 radical (unpaired) electrons. The molecule has 0 aromatic heterocycles. The van der Waals surface area contributed by atoms with Crippen molar-refractivity contribution in [1.29, 1.82) is 0 Å². The maximum Gasteiger partial charge on any atom is 0.243 e. The molecule has 1 aliphatic rings. The minimum absolute atomic E-state index is 0.402. The van der Waals surface area contributed by atoms with E-state index < -0.39 is 10.0 Å². The predicted molar refractivity (Wildman–Crippen MR) is 67.4 cm³/mol. The van der Waals surface area contributed by atoms with Gasteiger partial charge in [-0.15, -0.1) is 0 Å². The standard InChI is InChI=1S/C12H18N2O2S/c1-11-4-2-5-12(10-11)17(15,16)14-8-3-6-13-7-9-14/h2,4-5,10,13H,3,6-9H2,1H3. The molecule has 2 rings (SSSR count). The molecular formula is C12H18N2O2S. The van der Waals surface area contributed by atoms with Gasteiger partial charge in [-0.05, 0) is 37.6 Å². The zero-order valence-electron chi connectivity index (χ0n) is 10.0. The van der Waals surface area contributed by atoms with Gasteiger partial charge in [-0.2, -0.15) is 4.31 Å². The number of nitrogens with one attached hydrogen (secondary N) is 1. The fourth-order valence-corrected chi connectivity index (χ4v) is 3.57. The first-order valence-electron chi connectivity index (χ1n) is 5.88. The summed E-state index contributed by atoms with van der Waals surface area (Å²) in [5.41, 5.74) is 0.971. The van der Waals surface area contributed by atoms with Crippen molar-refractivity contribution >= 4 is 10.0 Å². The van der Waals surface area contributed by atoms with Gasteiger partial charge in [0.1, 0.15) is 0 Å². The molecule has 1 N–H and O–H groups in total. The van der Waals surface area contributed by atoms with Crippen molar-refractivity contribution in [2.75, 3.05) is 26.2 Å². The highest BCUT2D eigenvalue weighted by atomic mass is 32.2. The zero-order chi connectivity index (χ0) is 12.3. The highest BCUT2D eigenvalue weighted by Gasteiger charge is 2.24. The van der Waals surface area contributed by atoms with Crippen LogP contribution in [0.3, 0.4) is 0 Å². The van der Waals surface area contributed by atoms with Crippen molar-refractivity contribution in [3.63, 3.8) is 0 Å². The summed E-state index contributed by atoms with van der Waals surface area (Å²) in [7, 11) is -3.31. The van der Waals surface area contributed by atoms with Gasteiger partial charge < -0.3 is 5.32 Å². The van der Waals surface area contributed by atoms with Crippen molar-refractivity contribution in [2.24, 2.45) is 0 Å². The van der Waals surface area contributed by atoms with E-state index in [-0.39, 0.29) is 0 Å². The summed E-state index contributed by atoms with van der Waals surface area (Å²) in [6.07, 6.45) is 0.866. The van der Waals surface area contributed by atoms with Crippen molar-refractivity contribution in [1.82, 2.24) is 9.62 Å². The van der Waals surface area contributed by atoms with Crippen LogP contribution >= 0.6 is 0 Å². The molecule has 1 fully saturated rings. The molecule has 0 atom stereocenters. The van der Waals surface area contributed by atoms with Crippen molar-refractivity contribution < 1.29 is 8.42 Å². The van der Waals surface area contributed by atoms with Crippen LogP contribution in [0.15, 0.2) is 29.2 Å². The molecule has 1 aromatic rings. The summed E-state index contributed by atoms with van der Waals surface area (Å²) in [4.78, 5) is 0.402. The maximum absolute atomic E-state index is 12.4. The Hall–Kier alpha value is -0.910. The summed E-state index contributed by atoms with van der Waals surface area (Å²) >= 11 is 0. The second-order valence-corrected chi connectivity index (χ2v) is 6.26. The quantitative estimate of drug-likeness (QED) is 0.856. The zero-order valence-corrected chi connectivity index (χ0v) is 10.8. The average Bonchev–Trinajstić information content (AvgIpc) is 2.58. The first kappa shape index (κ1) is 12.5. The van der Waals surface area contributed by atoms with Gasteiger partial charge in [0.15, 0.2) is 0 Å². The lowest BCUT2D eigenvalue weighted by Gasteiger charge is -2.19. The number of hydrogen-bond acceptors (Lipinski definition) is 3. The molecule has 1 aliphatic heterocycles. The third-order valence-corrected chi connectivity index (χ3v) is 4.82. The fraction of sp³-hybridized carbons (Fsp3) is 0.500. The van der Waals surface area contributed by atoms with Crippen LogP contribution in [0.25, 0.3) is 0 Å². The lowest BCUT2D eigenvalue weighted by atomic mass is 10.2. The Kier molecular flexibility index (Phi) is 3.81. The van der Waals surface area contributed by atoms with Gasteiger partial charge in [0.25, 0.3) is 0 Å². The lowest BCUT2D eigenvalue weighted by molar-refractivity contribution is 0.432. The summed E-state index contributed by atoms with van der Waals surface area (Å²) in [6, 6.07) is 7.09. The molecule has 0 saturated carbocycles. The summed E-state index contributed by atoms with van der Waals surface area (Å²) < 4.78 is 26.4. The van der Waals surface area contributed by atoms with Crippen molar-refractivity contribution in [3.8, 4) is 0 Å². The molecule has 1 heterocycles. The van der Waals surface area contributed by atoms with E-state index in [9.17, 15) is 8.42 Å².